The predicted molar refractivity (Wildman–Crippen MR) is 118 cm³/mol. The number of ether oxygens (including phenoxy) is 1. The topological polar surface area (TPSA) is 187 Å². The fourth-order valence-corrected chi connectivity index (χ4v) is 3.44. The first kappa shape index (κ1) is 21.7. The zero-order valence-corrected chi connectivity index (χ0v) is 17.4. The Morgan fingerprint density at radius 2 is 2.00 bits per heavy atom. The average molecular weight is 444 g/mol. The fourth-order valence-electron chi connectivity index (χ4n) is 3.44. The van der Waals surface area contributed by atoms with Gasteiger partial charge in [-0.2, -0.15) is 10.1 Å². The zero-order valence-electron chi connectivity index (χ0n) is 17.4. The lowest BCUT2D eigenvalue weighted by Crippen LogP contribution is -2.33. The minimum absolute atomic E-state index is 0.0223. The fraction of sp³-hybridized carbons (Fsp3) is 0.368. The quantitative estimate of drug-likeness (QED) is 0.200. The number of benzene rings is 1. The first-order valence-electron chi connectivity index (χ1n) is 9.76. The molecule has 13 heteroatoms. The number of hydrogen-bond acceptors (Lipinski definition) is 11. The van der Waals surface area contributed by atoms with E-state index in [1.807, 2.05) is 43.3 Å². The molecule has 1 aliphatic heterocycles. The summed E-state index contributed by atoms with van der Waals surface area (Å²) in [6.07, 6.45) is -3.45. The molecule has 32 heavy (non-hydrogen) atoms. The molecule has 0 aliphatic carbocycles. The highest BCUT2D eigenvalue weighted by atomic mass is 16.6. The molecule has 0 spiro atoms. The number of rotatable bonds is 6. The van der Waals surface area contributed by atoms with E-state index in [2.05, 4.69) is 25.5 Å². The maximum atomic E-state index is 12.3. The zero-order chi connectivity index (χ0) is 23.0. The van der Waals surface area contributed by atoms with Crippen molar-refractivity contribution in [3.8, 4) is 0 Å². The summed E-state index contributed by atoms with van der Waals surface area (Å²) in [5.41, 5.74) is 9.60. The van der Waals surface area contributed by atoms with E-state index >= 15 is 0 Å². The first-order chi connectivity index (χ1) is 15.3. The summed E-state index contributed by atoms with van der Waals surface area (Å²) in [5, 5.41) is 34.2. The van der Waals surface area contributed by atoms with Gasteiger partial charge in [0.05, 0.1) is 12.8 Å². The summed E-state index contributed by atoms with van der Waals surface area (Å²) >= 11 is 0. The van der Waals surface area contributed by atoms with Gasteiger partial charge in [-0.1, -0.05) is 12.1 Å². The molecule has 1 fully saturated rings. The van der Waals surface area contributed by atoms with E-state index in [1.165, 1.54) is 4.57 Å². The Kier molecular flexibility index (Phi) is 5.80. The molecule has 13 nitrogen and oxygen atoms in total. The van der Waals surface area contributed by atoms with Crippen LogP contribution in [-0.4, -0.2) is 80.1 Å². The van der Waals surface area contributed by atoms with Gasteiger partial charge in [-0.25, -0.2) is 10.4 Å². The van der Waals surface area contributed by atoms with Crippen molar-refractivity contribution in [3.05, 3.63) is 40.2 Å². The lowest BCUT2D eigenvalue weighted by Gasteiger charge is -2.18. The van der Waals surface area contributed by atoms with E-state index in [0.29, 0.717) is 0 Å². The van der Waals surface area contributed by atoms with E-state index in [4.69, 9.17) is 10.5 Å². The highest BCUT2D eigenvalue weighted by Crippen LogP contribution is 2.33. The third-order valence-electron chi connectivity index (χ3n) is 5.13. The average Bonchev–Trinajstić information content (AvgIpc) is 3.25. The van der Waals surface area contributed by atoms with Crippen LogP contribution in [0, 0.1) is 0 Å². The van der Waals surface area contributed by atoms with E-state index in [0.717, 1.165) is 11.3 Å². The second-order valence-electron chi connectivity index (χ2n) is 7.51. The molecule has 170 valence electrons. The first-order valence-corrected chi connectivity index (χ1v) is 9.76. The molecule has 0 bridgehead atoms. The van der Waals surface area contributed by atoms with Crippen molar-refractivity contribution in [1.82, 2.24) is 19.5 Å². The number of aromatic amines is 1. The lowest BCUT2D eigenvalue weighted by molar-refractivity contribution is -0.0501. The largest absolute Gasteiger partial charge is 0.394 e. The third-order valence-corrected chi connectivity index (χ3v) is 5.13. The number of nitrogen functional groups attached to an aromatic ring is 1. The molecule has 1 aliphatic rings. The van der Waals surface area contributed by atoms with Crippen LogP contribution in [0.3, 0.4) is 0 Å². The van der Waals surface area contributed by atoms with Gasteiger partial charge < -0.3 is 30.7 Å². The van der Waals surface area contributed by atoms with Gasteiger partial charge in [0.1, 0.15) is 18.3 Å². The lowest BCUT2D eigenvalue weighted by atomic mass is 10.1. The Hall–Kier alpha value is -3.52. The molecule has 0 radical (unpaired) electrons. The Balaban J connectivity index is 1.70. The minimum atomic E-state index is -1.42. The molecule has 0 saturated carbocycles. The smallest absolute Gasteiger partial charge is 0.280 e. The summed E-state index contributed by atoms with van der Waals surface area (Å²) in [6.45, 7) is -0.513. The van der Waals surface area contributed by atoms with Gasteiger partial charge >= 0.3 is 0 Å². The number of nitrogens with zero attached hydrogens (tertiary/aromatic N) is 5. The number of hydrazone groups is 1. The SMILES string of the molecule is CN(C)c1ccc(/C=N/Nc2nc3c(=O)[nH]c(N)nc3n2[C@@H]2O[C@@H](CO)[C@@H](O)[C@H]2O)cc1. The second kappa shape index (κ2) is 8.55. The van der Waals surface area contributed by atoms with Crippen molar-refractivity contribution in [2.45, 2.75) is 24.5 Å². The monoisotopic (exact) mass is 444 g/mol. The van der Waals surface area contributed by atoms with Crippen molar-refractivity contribution in [1.29, 1.82) is 0 Å². The van der Waals surface area contributed by atoms with Crippen LogP contribution >= 0.6 is 0 Å². The highest BCUT2D eigenvalue weighted by molar-refractivity contribution is 5.81. The number of aliphatic hydroxyl groups excluding tert-OH is 3. The minimum Gasteiger partial charge on any atom is -0.394 e. The number of nitrogens with two attached hydrogens (primary N) is 1. The van der Waals surface area contributed by atoms with Crippen LogP contribution in [0.5, 0.6) is 0 Å². The van der Waals surface area contributed by atoms with E-state index in [9.17, 15) is 20.1 Å². The Morgan fingerprint density at radius 3 is 2.62 bits per heavy atom. The molecule has 2 aromatic heterocycles. The molecule has 1 saturated heterocycles. The summed E-state index contributed by atoms with van der Waals surface area (Å²) in [7, 11) is 3.88. The Labute approximate surface area is 181 Å². The van der Waals surface area contributed by atoms with Crippen molar-refractivity contribution in [3.63, 3.8) is 0 Å². The van der Waals surface area contributed by atoms with Crippen LogP contribution in [0.25, 0.3) is 11.2 Å². The number of imidazole rings is 1. The van der Waals surface area contributed by atoms with Gasteiger partial charge in [0.25, 0.3) is 5.56 Å². The molecule has 7 N–H and O–H groups in total. The van der Waals surface area contributed by atoms with E-state index < -0.39 is 36.7 Å². The van der Waals surface area contributed by atoms with E-state index in [1.54, 1.807) is 6.21 Å². The maximum absolute atomic E-state index is 12.3. The predicted octanol–water partition coefficient (Wildman–Crippen LogP) is -1.17. The van der Waals surface area contributed by atoms with Gasteiger partial charge in [-0.15, -0.1) is 0 Å². The van der Waals surface area contributed by atoms with Crippen LogP contribution in [0.1, 0.15) is 11.8 Å². The maximum Gasteiger partial charge on any atom is 0.280 e. The molecule has 0 amide bonds. The number of hydrogen-bond donors (Lipinski definition) is 6. The summed E-state index contributed by atoms with van der Waals surface area (Å²) in [4.78, 5) is 24.9. The van der Waals surface area contributed by atoms with Gasteiger partial charge in [0, 0.05) is 19.8 Å². The number of H-pyrrole nitrogens is 1. The normalized spacial score (nSPS) is 23.3. The molecule has 3 heterocycles. The number of nitrogens with one attached hydrogen (secondary N) is 2. The standard InChI is InChI=1S/C19H24N8O5/c1-26(2)10-5-3-9(4-6-10)7-21-25-19-22-12-15(23-18(20)24-16(12)31)27(19)17-14(30)13(29)11(8-28)32-17/h3-7,11,13-14,17,28-30H,8H2,1-2H3,(H,22,25)(H3,20,23,24,31)/b21-7+/t11-,13+,14+,17+/m0/s1. The third kappa shape index (κ3) is 3.89. The van der Waals surface area contributed by atoms with Crippen LogP contribution in [0.4, 0.5) is 17.6 Å². The number of aliphatic hydroxyl groups is 3. The summed E-state index contributed by atoms with van der Waals surface area (Å²) in [5.74, 6) is -0.133. The van der Waals surface area contributed by atoms with Crippen LogP contribution in [0.2, 0.25) is 0 Å². The van der Waals surface area contributed by atoms with Crippen molar-refractivity contribution >= 4 is 35.0 Å². The molecule has 3 aromatic rings. The Bertz CT molecular complexity index is 1190. The van der Waals surface area contributed by atoms with Crippen molar-refractivity contribution in [2.75, 3.05) is 36.8 Å². The highest BCUT2D eigenvalue weighted by Gasteiger charge is 2.45. The van der Waals surface area contributed by atoms with Gasteiger partial charge in [0.2, 0.25) is 11.9 Å². The van der Waals surface area contributed by atoms with Crippen molar-refractivity contribution in [2.24, 2.45) is 5.10 Å². The molecular weight excluding hydrogens is 420 g/mol. The molecule has 4 rings (SSSR count). The summed E-state index contributed by atoms with van der Waals surface area (Å²) in [6, 6.07) is 7.62. The number of aromatic nitrogens is 4. The second-order valence-corrected chi connectivity index (χ2v) is 7.51. The molecule has 1 aromatic carbocycles. The van der Waals surface area contributed by atoms with Crippen LogP contribution in [-0.2, 0) is 4.74 Å². The van der Waals surface area contributed by atoms with Crippen LogP contribution < -0.4 is 21.6 Å². The Morgan fingerprint density at radius 1 is 1.28 bits per heavy atom. The van der Waals surface area contributed by atoms with E-state index in [-0.39, 0.29) is 23.1 Å². The van der Waals surface area contributed by atoms with Gasteiger partial charge in [0.15, 0.2) is 17.4 Å². The van der Waals surface area contributed by atoms with Crippen molar-refractivity contribution < 1.29 is 20.1 Å². The van der Waals surface area contributed by atoms with Gasteiger partial charge in [-0.3, -0.25) is 14.3 Å². The molecule has 0 unspecified atom stereocenters. The number of anilines is 3. The summed E-state index contributed by atoms with van der Waals surface area (Å²) < 4.78 is 6.87. The molecule has 4 atom stereocenters. The van der Waals surface area contributed by atoms with Gasteiger partial charge in [-0.05, 0) is 17.7 Å². The number of fused-ring (bicyclic) bond motifs is 1. The van der Waals surface area contributed by atoms with Crippen LogP contribution in [0.15, 0.2) is 34.2 Å². The molecular formula is C19H24N8O5.